The molecule has 7 heteroatoms. The molecule has 4 aromatic rings. The summed E-state index contributed by atoms with van der Waals surface area (Å²) in [5.74, 6) is 2.13. The first-order chi connectivity index (χ1) is 15.7. The SMILES string of the molecule is COc1cccc(N=Cc2ccc(OCc3nc(Cl)c4c5c(sc4n3)CCCC5)cc2)c1. The molecule has 2 heterocycles. The summed E-state index contributed by atoms with van der Waals surface area (Å²) in [6.07, 6.45) is 6.45. The van der Waals surface area contributed by atoms with E-state index in [0.717, 1.165) is 45.8 Å². The van der Waals surface area contributed by atoms with Gasteiger partial charge in [-0.1, -0.05) is 17.7 Å². The number of nitrogens with zero attached hydrogens (tertiary/aromatic N) is 3. The molecule has 0 amide bonds. The lowest BCUT2D eigenvalue weighted by Crippen LogP contribution is -2.03. The summed E-state index contributed by atoms with van der Waals surface area (Å²) in [4.78, 5) is 16.1. The lowest BCUT2D eigenvalue weighted by molar-refractivity contribution is 0.296. The number of methoxy groups -OCH3 is 1. The summed E-state index contributed by atoms with van der Waals surface area (Å²) in [7, 11) is 1.65. The molecule has 0 unspecified atom stereocenters. The van der Waals surface area contributed by atoms with Crippen LogP contribution in [0.3, 0.4) is 0 Å². The Morgan fingerprint density at radius 3 is 2.75 bits per heavy atom. The van der Waals surface area contributed by atoms with Crippen LogP contribution in [0.5, 0.6) is 11.5 Å². The molecule has 32 heavy (non-hydrogen) atoms. The van der Waals surface area contributed by atoms with Crippen LogP contribution in [0, 0.1) is 0 Å². The summed E-state index contributed by atoms with van der Waals surface area (Å²) < 4.78 is 11.1. The average Bonchev–Trinajstić information content (AvgIpc) is 3.21. The van der Waals surface area contributed by atoms with Gasteiger partial charge in [0, 0.05) is 17.2 Å². The number of hydrogen-bond donors (Lipinski definition) is 0. The summed E-state index contributed by atoms with van der Waals surface area (Å²) in [6, 6.07) is 15.4. The topological polar surface area (TPSA) is 56.6 Å². The Kier molecular flexibility index (Phi) is 6.06. The van der Waals surface area contributed by atoms with Crippen molar-refractivity contribution in [2.24, 2.45) is 4.99 Å². The van der Waals surface area contributed by atoms with Crippen LogP contribution in [0.1, 0.15) is 34.7 Å². The van der Waals surface area contributed by atoms with Crippen LogP contribution in [-0.4, -0.2) is 23.3 Å². The van der Waals surface area contributed by atoms with Crippen molar-refractivity contribution in [3.63, 3.8) is 0 Å². The lowest BCUT2D eigenvalue weighted by atomic mass is 9.97. The largest absolute Gasteiger partial charge is 0.497 e. The first-order valence-electron chi connectivity index (χ1n) is 10.6. The molecule has 0 atom stereocenters. The zero-order chi connectivity index (χ0) is 21.9. The highest BCUT2D eigenvalue weighted by molar-refractivity contribution is 7.19. The molecular formula is C25H22ClN3O2S. The van der Waals surface area contributed by atoms with Gasteiger partial charge in [0.05, 0.1) is 18.2 Å². The predicted molar refractivity (Wildman–Crippen MR) is 130 cm³/mol. The average molecular weight is 464 g/mol. The van der Waals surface area contributed by atoms with Crippen molar-refractivity contribution in [3.8, 4) is 11.5 Å². The van der Waals surface area contributed by atoms with Crippen LogP contribution < -0.4 is 9.47 Å². The molecule has 162 valence electrons. The molecule has 0 N–H and O–H groups in total. The fourth-order valence-electron chi connectivity index (χ4n) is 3.86. The standard InChI is InChI=1S/C25H22ClN3O2S/c1-30-19-6-4-5-17(13-19)27-14-16-9-11-18(12-10-16)31-15-22-28-24(26)23-20-7-2-3-8-21(20)32-25(23)29-22/h4-6,9-14H,2-3,7-8,15H2,1H3. The maximum absolute atomic E-state index is 6.52. The van der Waals surface area contributed by atoms with Crippen molar-refractivity contribution in [1.82, 2.24) is 9.97 Å². The number of rotatable bonds is 6. The van der Waals surface area contributed by atoms with Crippen LogP contribution in [0.2, 0.25) is 5.15 Å². The van der Waals surface area contributed by atoms with E-state index in [1.807, 2.05) is 54.7 Å². The number of thiophene rings is 1. The second-order valence-corrected chi connectivity index (χ2v) is 9.08. The minimum atomic E-state index is 0.273. The molecule has 2 aromatic carbocycles. The van der Waals surface area contributed by atoms with Gasteiger partial charge in [0.1, 0.15) is 28.1 Å². The zero-order valence-corrected chi connectivity index (χ0v) is 19.2. The number of hydrogen-bond acceptors (Lipinski definition) is 6. The van der Waals surface area contributed by atoms with Gasteiger partial charge in [0.2, 0.25) is 0 Å². The van der Waals surface area contributed by atoms with Crippen LogP contribution in [0.25, 0.3) is 10.2 Å². The van der Waals surface area contributed by atoms with E-state index in [4.69, 9.17) is 26.1 Å². The van der Waals surface area contributed by atoms with Crippen molar-refractivity contribution in [1.29, 1.82) is 0 Å². The van der Waals surface area contributed by atoms with E-state index in [2.05, 4.69) is 9.98 Å². The van der Waals surface area contributed by atoms with Gasteiger partial charge in [-0.2, -0.15) is 0 Å². The molecule has 0 saturated carbocycles. The molecule has 0 bridgehead atoms. The predicted octanol–water partition coefficient (Wildman–Crippen LogP) is 6.56. The van der Waals surface area contributed by atoms with Gasteiger partial charge in [-0.05, 0) is 73.2 Å². The normalized spacial score (nSPS) is 13.4. The number of ether oxygens (including phenoxy) is 2. The van der Waals surface area contributed by atoms with Crippen molar-refractivity contribution in [2.45, 2.75) is 32.3 Å². The molecule has 1 aliphatic carbocycles. The van der Waals surface area contributed by atoms with Gasteiger partial charge in [-0.25, -0.2) is 9.97 Å². The molecule has 0 radical (unpaired) electrons. The van der Waals surface area contributed by atoms with Gasteiger partial charge >= 0.3 is 0 Å². The Hall–Kier alpha value is -2.96. The number of aliphatic imine (C=N–C) groups is 1. The Labute approximate surface area is 195 Å². The van der Waals surface area contributed by atoms with Gasteiger partial charge in [-0.3, -0.25) is 4.99 Å². The first kappa shape index (κ1) is 20.9. The number of halogens is 1. The maximum Gasteiger partial charge on any atom is 0.169 e. The highest BCUT2D eigenvalue weighted by Gasteiger charge is 2.20. The van der Waals surface area contributed by atoms with Gasteiger partial charge in [0.25, 0.3) is 0 Å². The molecule has 0 fully saturated rings. The fourth-order valence-corrected chi connectivity index (χ4v) is 5.49. The van der Waals surface area contributed by atoms with Crippen LogP contribution in [0.15, 0.2) is 53.5 Å². The van der Waals surface area contributed by atoms with Crippen LogP contribution in [0.4, 0.5) is 5.69 Å². The Bertz CT molecular complexity index is 1280. The van der Waals surface area contributed by atoms with E-state index in [0.29, 0.717) is 11.0 Å². The number of fused-ring (bicyclic) bond motifs is 3. The Morgan fingerprint density at radius 1 is 1.06 bits per heavy atom. The van der Waals surface area contributed by atoms with Gasteiger partial charge in [0.15, 0.2) is 5.82 Å². The highest BCUT2D eigenvalue weighted by Crippen LogP contribution is 2.38. The van der Waals surface area contributed by atoms with Gasteiger partial charge < -0.3 is 9.47 Å². The van der Waals surface area contributed by atoms with E-state index in [-0.39, 0.29) is 6.61 Å². The van der Waals surface area contributed by atoms with E-state index in [1.165, 1.54) is 23.3 Å². The quantitative estimate of drug-likeness (QED) is 0.240. The van der Waals surface area contributed by atoms with E-state index < -0.39 is 0 Å². The third kappa shape index (κ3) is 4.47. The lowest BCUT2D eigenvalue weighted by Gasteiger charge is -2.10. The molecule has 5 rings (SSSR count). The van der Waals surface area contributed by atoms with Crippen molar-refractivity contribution in [3.05, 3.63) is 75.5 Å². The van der Waals surface area contributed by atoms with E-state index >= 15 is 0 Å². The van der Waals surface area contributed by atoms with Crippen molar-refractivity contribution < 1.29 is 9.47 Å². The molecule has 1 aliphatic rings. The molecule has 0 aliphatic heterocycles. The molecular weight excluding hydrogens is 442 g/mol. The number of aryl methyl sites for hydroxylation is 2. The van der Waals surface area contributed by atoms with E-state index in [1.54, 1.807) is 18.4 Å². The second kappa shape index (κ2) is 9.27. The van der Waals surface area contributed by atoms with Crippen LogP contribution in [-0.2, 0) is 19.4 Å². The van der Waals surface area contributed by atoms with Crippen molar-refractivity contribution >= 4 is 45.1 Å². The number of benzene rings is 2. The molecule has 2 aromatic heterocycles. The molecule has 5 nitrogen and oxygen atoms in total. The molecule has 0 spiro atoms. The third-order valence-corrected chi connectivity index (χ3v) is 6.94. The van der Waals surface area contributed by atoms with Crippen LogP contribution >= 0.6 is 22.9 Å². The second-order valence-electron chi connectivity index (χ2n) is 7.64. The third-order valence-electron chi connectivity index (χ3n) is 5.48. The van der Waals surface area contributed by atoms with Crippen molar-refractivity contribution in [2.75, 3.05) is 7.11 Å². The monoisotopic (exact) mass is 463 g/mol. The Balaban J connectivity index is 1.26. The summed E-state index contributed by atoms with van der Waals surface area (Å²) >= 11 is 8.27. The first-order valence-corrected chi connectivity index (χ1v) is 11.8. The minimum absolute atomic E-state index is 0.273. The zero-order valence-electron chi connectivity index (χ0n) is 17.7. The summed E-state index contributed by atoms with van der Waals surface area (Å²) in [5.41, 5.74) is 3.16. The van der Waals surface area contributed by atoms with E-state index in [9.17, 15) is 0 Å². The summed E-state index contributed by atoms with van der Waals surface area (Å²) in [5, 5.41) is 1.58. The Morgan fingerprint density at radius 2 is 1.91 bits per heavy atom. The molecule has 0 saturated heterocycles. The summed E-state index contributed by atoms with van der Waals surface area (Å²) in [6.45, 7) is 0.273. The minimum Gasteiger partial charge on any atom is -0.497 e. The fraction of sp³-hybridized carbons (Fsp3) is 0.240. The number of aromatic nitrogens is 2. The smallest absolute Gasteiger partial charge is 0.169 e. The highest BCUT2D eigenvalue weighted by atomic mass is 35.5. The van der Waals surface area contributed by atoms with Gasteiger partial charge in [-0.15, -0.1) is 11.3 Å². The maximum atomic E-state index is 6.52.